The van der Waals surface area contributed by atoms with E-state index in [9.17, 15) is 0 Å². The number of nitrogens with zero attached hydrogens (tertiary/aromatic N) is 2. The molecule has 2 heterocycles. The summed E-state index contributed by atoms with van der Waals surface area (Å²) in [5, 5.41) is 0. The second-order valence-electron chi connectivity index (χ2n) is 6.44. The molecule has 0 bridgehead atoms. The molecule has 3 rings (SSSR count). The molecule has 0 atom stereocenters. The van der Waals surface area contributed by atoms with E-state index in [1.54, 1.807) is 6.20 Å². The predicted octanol–water partition coefficient (Wildman–Crippen LogP) is 4.84. The molecule has 2 aromatic rings. The lowest BCUT2D eigenvalue weighted by molar-refractivity contribution is 0.241. The normalized spacial score (nSPS) is 16.3. The van der Waals surface area contributed by atoms with Crippen LogP contribution in [0, 0.1) is 6.92 Å². The summed E-state index contributed by atoms with van der Waals surface area (Å²) >= 11 is 0. The third-order valence-corrected chi connectivity index (χ3v) is 4.02. The van der Waals surface area contributed by atoms with Gasteiger partial charge in [-0.05, 0) is 80.7 Å². The van der Waals surface area contributed by atoms with Crippen molar-refractivity contribution >= 4 is 11.8 Å². The maximum atomic E-state index is 5.83. The third kappa shape index (κ3) is 3.91. The Morgan fingerprint density at radius 3 is 2.79 bits per heavy atom. The molecule has 124 valence electrons. The highest BCUT2D eigenvalue weighted by Crippen LogP contribution is 2.25. The van der Waals surface area contributed by atoms with Crippen molar-refractivity contribution in [3.63, 3.8) is 0 Å². The molecule has 1 aliphatic heterocycles. The van der Waals surface area contributed by atoms with Crippen molar-refractivity contribution in [2.24, 2.45) is 4.99 Å². The minimum Gasteiger partial charge on any atom is -0.491 e. The van der Waals surface area contributed by atoms with Gasteiger partial charge in [0.1, 0.15) is 5.75 Å². The standard InChI is InChI=1S/C21H24N2O/c1-15(2)24-20-9-8-17(12-16(20)3)13-18-6-5-11-23-21(18)19-7-4-10-22-14-19/h4,7-10,12-15H,5-6,11H2,1-3H3. The molecule has 0 amide bonds. The molecule has 1 aromatic heterocycles. The fourth-order valence-corrected chi connectivity index (χ4v) is 2.95. The van der Waals surface area contributed by atoms with Gasteiger partial charge in [0.05, 0.1) is 11.8 Å². The fourth-order valence-electron chi connectivity index (χ4n) is 2.95. The molecule has 0 unspecified atom stereocenters. The Hall–Kier alpha value is -2.42. The lowest BCUT2D eigenvalue weighted by Crippen LogP contribution is -2.12. The average Bonchev–Trinajstić information content (AvgIpc) is 2.58. The van der Waals surface area contributed by atoms with E-state index in [-0.39, 0.29) is 6.10 Å². The van der Waals surface area contributed by atoms with Crippen molar-refractivity contribution in [2.45, 2.75) is 39.7 Å². The molecule has 24 heavy (non-hydrogen) atoms. The number of aryl methyl sites for hydroxylation is 1. The monoisotopic (exact) mass is 320 g/mol. The number of hydrogen-bond acceptors (Lipinski definition) is 3. The van der Waals surface area contributed by atoms with Crippen LogP contribution in [0.2, 0.25) is 0 Å². The minimum atomic E-state index is 0.190. The van der Waals surface area contributed by atoms with Crippen LogP contribution in [0.4, 0.5) is 0 Å². The average molecular weight is 320 g/mol. The van der Waals surface area contributed by atoms with Gasteiger partial charge < -0.3 is 4.74 Å². The summed E-state index contributed by atoms with van der Waals surface area (Å²) in [5.41, 5.74) is 5.81. The topological polar surface area (TPSA) is 34.5 Å². The Bertz CT molecular complexity index is 761. The van der Waals surface area contributed by atoms with Crippen LogP contribution in [-0.2, 0) is 0 Å². The van der Waals surface area contributed by atoms with Gasteiger partial charge in [-0.15, -0.1) is 0 Å². The number of aliphatic imine (C=N–C) groups is 1. The molecule has 1 aromatic carbocycles. The van der Waals surface area contributed by atoms with Crippen molar-refractivity contribution in [3.8, 4) is 5.75 Å². The highest BCUT2D eigenvalue weighted by Gasteiger charge is 2.14. The maximum absolute atomic E-state index is 5.83. The van der Waals surface area contributed by atoms with Crippen LogP contribution in [-0.4, -0.2) is 23.3 Å². The number of benzene rings is 1. The summed E-state index contributed by atoms with van der Waals surface area (Å²) in [6.45, 7) is 7.08. The van der Waals surface area contributed by atoms with Gasteiger partial charge in [-0.2, -0.15) is 0 Å². The van der Waals surface area contributed by atoms with Crippen molar-refractivity contribution in [1.29, 1.82) is 0 Å². The molecule has 0 saturated heterocycles. The van der Waals surface area contributed by atoms with Gasteiger partial charge in [-0.1, -0.05) is 6.07 Å². The van der Waals surface area contributed by atoms with Gasteiger partial charge in [-0.3, -0.25) is 9.98 Å². The number of pyridine rings is 1. The molecule has 3 heteroatoms. The first-order chi connectivity index (χ1) is 11.6. The Morgan fingerprint density at radius 2 is 2.08 bits per heavy atom. The second kappa shape index (κ2) is 7.43. The van der Waals surface area contributed by atoms with Gasteiger partial charge in [0.15, 0.2) is 0 Å². The van der Waals surface area contributed by atoms with E-state index in [4.69, 9.17) is 9.73 Å². The van der Waals surface area contributed by atoms with E-state index in [0.29, 0.717) is 0 Å². The Labute approximate surface area is 144 Å². The van der Waals surface area contributed by atoms with Crippen LogP contribution in [0.25, 0.3) is 6.08 Å². The summed E-state index contributed by atoms with van der Waals surface area (Å²) in [4.78, 5) is 8.97. The Kier molecular flexibility index (Phi) is 5.09. The number of hydrogen-bond donors (Lipinski definition) is 0. The molecule has 0 fully saturated rings. The quantitative estimate of drug-likeness (QED) is 0.807. The summed E-state index contributed by atoms with van der Waals surface area (Å²) in [7, 11) is 0. The van der Waals surface area contributed by atoms with Crippen LogP contribution in [0.1, 0.15) is 43.4 Å². The number of rotatable bonds is 4. The van der Waals surface area contributed by atoms with Gasteiger partial charge >= 0.3 is 0 Å². The molecule has 0 radical (unpaired) electrons. The van der Waals surface area contributed by atoms with E-state index in [1.165, 1.54) is 11.1 Å². The molecule has 0 N–H and O–H groups in total. The zero-order valence-corrected chi connectivity index (χ0v) is 14.6. The van der Waals surface area contributed by atoms with Crippen molar-refractivity contribution < 1.29 is 4.74 Å². The lowest BCUT2D eigenvalue weighted by atomic mass is 9.94. The molecule has 1 aliphatic rings. The molecular formula is C21H24N2O. The predicted molar refractivity (Wildman–Crippen MR) is 99.8 cm³/mol. The first kappa shape index (κ1) is 16.4. The summed E-state index contributed by atoms with van der Waals surface area (Å²) in [6, 6.07) is 10.4. The number of allylic oxidation sites excluding steroid dienone is 1. The zero-order chi connectivity index (χ0) is 16.9. The lowest BCUT2D eigenvalue weighted by Gasteiger charge is -2.17. The largest absolute Gasteiger partial charge is 0.491 e. The Balaban J connectivity index is 1.90. The van der Waals surface area contributed by atoms with Crippen molar-refractivity contribution in [3.05, 3.63) is 65.0 Å². The van der Waals surface area contributed by atoms with E-state index in [1.807, 2.05) is 26.1 Å². The molecular weight excluding hydrogens is 296 g/mol. The van der Waals surface area contributed by atoms with E-state index in [0.717, 1.165) is 42.0 Å². The molecule has 0 aliphatic carbocycles. The van der Waals surface area contributed by atoms with Crippen LogP contribution in [0.15, 0.2) is 53.3 Å². The fraction of sp³-hybridized carbons (Fsp3) is 0.333. The second-order valence-corrected chi connectivity index (χ2v) is 6.44. The zero-order valence-electron chi connectivity index (χ0n) is 14.6. The maximum Gasteiger partial charge on any atom is 0.122 e. The van der Waals surface area contributed by atoms with E-state index in [2.05, 4.69) is 42.2 Å². The summed E-state index contributed by atoms with van der Waals surface area (Å²) in [5.74, 6) is 0.956. The van der Waals surface area contributed by atoms with Crippen LogP contribution < -0.4 is 4.74 Å². The van der Waals surface area contributed by atoms with Crippen LogP contribution >= 0.6 is 0 Å². The third-order valence-electron chi connectivity index (χ3n) is 4.02. The van der Waals surface area contributed by atoms with Gasteiger partial charge in [-0.25, -0.2) is 0 Å². The van der Waals surface area contributed by atoms with Crippen LogP contribution in [0.5, 0.6) is 5.75 Å². The minimum absolute atomic E-state index is 0.190. The van der Waals surface area contributed by atoms with Gasteiger partial charge in [0, 0.05) is 24.5 Å². The SMILES string of the molecule is Cc1cc(C=C2CCCN=C2c2cccnc2)ccc1OC(C)C. The molecule has 3 nitrogen and oxygen atoms in total. The highest BCUT2D eigenvalue weighted by molar-refractivity contribution is 6.15. The summed E-state index contributed by atoms with van der Waals surface area (Å²) in [6.07, 6.45) is 8.28. The van der Waals surface area contributed by atoms with Crippen molar-refractivity contribution in [1.82, 2.24) is 4.98 Å². The highest BCUT2D eigenvalue weighted by atomic mass is 16.5. The van der Waals surface area contributed by atoms with E-state index < -0.39 is 0 Å². The van der Waals surface area contributed by atoms with Gasteiger partial charge in [0.25, 0.3) is 0 Å². The Morgan fingerprint density at radius 1 is 1.21 bits per heavy atom. The number of aromatic nitrogens is 1. The smallest absolute Gasteiger partial charge is 0.122 e. The summed E-state index contributed by atoms with van der Waals surface area (Å²) < 4.78 is 5.83. The van der Waals surface area contributed by atoms with Gasteiger partial charge in [0.2, 0.25) is 0 Å². The first-order valence-corrected chi connectivity index (χ1v) is 8.56. The van der Waals surface area contributed by atoms with Crippen LogP contribution in [0.3, 0.4) is 0 Å². The van der Waals surface area contributed by atoms with E-state index >= 15 is 0 Å². The molecule has 0 spiro atoms. The first-order valence-electron chi connectivity index (χ1n) is 8.56. The molecule has 0 saturated carbocycles. The number of ether oxygens (including phenoxy) is 1. The van der Waals surface area contributed by atoms with Crippen molar-refractivity contribution in [2.75, 3.05) is 6.54 Å².